The zero-order chi connectivity index (χ0) is 18.8. The van der Waals surface area contributed by atoms with Gasteiger partial charge in [0.25, 0.3) is 0 Å². The maximum absolute atomic E-state index is 12.3. The summed E-state index contributed by atoms with van der Waals surface area (Å²) in [5.41, 5.74) is 5.30. The molecule has 6 nitrogen and oxygen atoms in total. The predicted octanol–water partition coefficient (Wildman–Crippen LogP) is 3.58. The third kappa shape index (κ3) is 3.32. The second-order valence-corrected chi connectivity index (χ2v) is 6.95. The Morgan fingerprint density at radius 1 is 1.26 bits per heavy atom. The highest BCUT2D eigenvalue weighted by atomic mass is 16.5. The lowest BCUT2D eigenvalue weighted by atomic mass is 9.87. The van der Waals surface area contributed by atoms with Gasteiger partial charge in [0.2, 0.25) is 0 Å². The molecule has 0 spiro atoms. The largest absolute Gasteiger partial charge is 0.461 e. The number of aromatic amines is 1. The molecule has 27 heavy (non-hydrogen) atoms. The third-order valence-corrected chi connectivity index (χ3v) is 5.23. The number of nitrogens with one attached hydrogen (secondary N) is 2. The Morgan fingerprint density at radius 3 is 2.78 bits per heavy atom. The smallest absolute Gasteiger partial charge is 0.357 e. The molecule has 1 aliphatic heterocycles. The molecule has 0 amide bonds. The molecule has 1 saturated heterocycles. The number of rotatable bonds is 4. The third-order valence-electron chi connectivity index (χ3n) is 5.23. The Morgan fingerprint density at radius 2 is 2.04 bits per heavy atom. The number of fused-ring (bicyclic) bond motifs is 1. The predicted molar refractivity (Wildman–Crippen MR) is 105 cm³/mol. The molecule has 6 heteroatoms. The lowest BCUT2D eigenvalue weighted by molar-refractivity contribution is 0.0519. The van der Waals surface area contributed by atoms with Gasteiger partial charge in [0, 0.05) is 5.56 Å². The van der Waals surface area contributed by atoms with Crippen LogP contribution in [0.4, 0.5) is 0 Å². The van der Waals surface area contributed by atoms with Crippen LogP contribution in [0.3, 0.4) is 0 Å². The molecule has 0 saturated carbocycles. The molecular weight excluding hydrogens is 340 g/mol. The molecule has 4 rings (SSSR count). The average Bonchev–Trinajstić information content (AvgIpc) is 3.12. The summed E-state index contributed by atoms with van der Waals surface area (Å²) in [6.07, 6.45) is 2.06. The molecule has 2 N–H and O–H groups in total. The van der Waals surface area contributed by atoms with Gasteiger partial charge in [0.05, 0.1) is 17.7 Å². The first-order valence-electron chi connectivity index (χ1n) is 9.52. The van der Waals surface area contributed by atoms with Crippen LogP contribution in [0.2, 0.25) is 0 Å². The highest BCUT2D eigenvalue weighted by Gasteiger charge is 2.25. The van der Waals surface area contributed by atoms with E-state index in [1.165, 1.54) is 5.56 Å². The Kier molecular flexibility index (Phi) is 4.90. The van der Waals surface area contributed by atoms with Crippen molar-refractivity contribution >= 4 is 17.0 Å². The SMILES string of the molecule is CCOC(=O)c1cc(C2CCNCC2)c2c(-c3ccccc3C)[nH]nc2n1. The number of pyridine rings is 1. The van der Waals surface area contributed by atoms with Crippen molar-refractivity contribution in [2.75, 3.05) is 19.7 Å². The number of piperidine rings is 1. The Bertz CT molecular complexity index is 973. The van der Waals surface area contributed by atoms with Gasteiger partial charge in [0.15, 0.2) is 11.3 Å². The molecule has 140 valence electrons. The normalized spacial score (nSPS) is 15.2. The second-order valence-electron chi connectivity index (χ2n) is 6.95. The monoisotopic (exact) mass is 364 g/mol. The molecule has 0 aliphatic carbocycles. The van der Waals surface area contributed by atoms with E-state index < -0.39 is 5.97 Å². The minimum atomic E-state index is -0.393. The van der Waals surface area contributed by atoms with Crippen LogP contribution in [-0.2, 0) is 4.74 Å². The molecule has 0 unspecified atom stereocenters. The minimum Gasteiger partial charge on any atom is -0.461 e. The lowest BCUT2D eigenvalue weighted by Crippen LogP contribution is -2.27. The summed E-state index contributed by atoms with van der Waals surface area (Å²) in [6.45, 7) is 6.17. The van der Waals surface area contributed by atoms with E-state index in [0.717, 1.165) is 48.1 Å². The quantitative estimate of drug-likeness (QED) is 0.692. The number of carbonyl (C=O) groups is 1. The second kappa shape index (κ2) is 7.48. The molecule has 1 aliphatic rings. The van der Waals surface area contributed by atoms with Crippen LogP contribution >= 0.6 is 0 Å². The summed E-state index contributed by atoms with van der Waals surface area (Å²) in [7, 11) is 0. The summed E-state index contributed by atoms with van der Waals surface area (Å²) in [5.74, 6) is -0.0275. The number of aromatic nitrogens is 3. The summed E-state index contributed by atoms with van der Waals surface area (Å²) in [4.78, 5) is 16.8. The first-order valence-corrected chi connectivity index (χ1v) is 9.52. The van der Waals surface area contributed by atoms with Crippen molar-refractivity contribution in [3.63, 3.8) is 0 Å². The molecule has 3 heterocycles. The highest BCUT2D eigenvalue weighted by Crippen LogP contribution is 2.37. The number of ether oxygens (including phenoxy) is 1. The number of hydrogen-bond donors (Lipinski definition) is 2. The lowest BCUT2D eigenvalue weighted by Gasteiger charge is -2.24. The Balaban J connectivity index is 1.92. The van der Waals surface area contributed by atoms with Crippen molar-refractivity contribution in [3.8, 4) is 11.3 Å². The van der Waals surface area contributed by atoms with Gasteiger partial charge in [-0.25, -0.2) is 9.78 Å². The van der Waals surface area contributed by atoms with Crippen molar-refractivity contribution in [2.24, 2.45) is 0 Å². The van der Waals surface area contributed by atoms with E-state index in [4.69, 9.17) is 4.74 Å². The number of benzene rings is 1. The van der Waals surface area contributed by atoms with Gasteiger partial charge in [-0.05, 0) is 62.9 Å². The highest BCUT2D eigenvalue weighted by molar-refractivity contribution is 5.98. The van der Waals surface area contributed by atoms with Crippen LogP contribution in [-0.4, -0.2) is 40.8 Å². The van der Waals surface area contributed by atoms with Crippen LogP contribution in [0, 0.1) is 6.92 Å². The van der Waals surface area contributed by atoms with Gasteiger partial charge in [-0.2, -0.15) is 5.10 Å². The van der Waals surface area contributed by atoms with Gasteiger partial charge < -0.3 is 10.1 Å². The van der Waals surface area contributed by atoms with Crippen molar-refractivity contribution in [2.45, 2.75) is 32.6 Å². The van der Waals surface area contributed by atoms with E-state index in [9.17, 15) is 4.79 Å². The van der Waals surface area contributed by atoms with E-state index in [2.05, 4.69) is 39.6 Å². The minimum absolute atomic E-state index is 0.330. The fraction of sp³-hybridized carbons (Fsp3) is 0.381. The summed E-state index contributed by atoms with van der Waals surface area (Å²) >= 11 is 0. The molecule has 1 fully saturated rings. The molecule has 0 atom stereocenters. The van der Waals surface area contributed by atoms with Crippen molar-refractivity contribution in [1.29, 1.82) is 0 Å². The number of esters is 1. The molecule has 0 radical (unpaired) electrons. The van der Waals surface area contributed by atoms with Gasteiger partial charge in [0.1, 0.15) is 0 Å². The molecule has 0 bridgehead atoms. The maximum Gasteiger partial charge on any atom is 0.357 e. The van der Waals surface area contributed by atoms with E-state index in [1.807, 2.05) is 18.2 Å². The van der Waals surface area contributed by atoms with Crippen LogP contribution in [0.5, 0.6) is 0 Å². The molecule has 2 aromatic heterocycles. The van der Waals surface area contributed by atoms with Gasteiger partial charge >= 0.3 is 5.97 Å². The zero-order valence-electron chi connectivity index (χ0n) is 15.7. The van der Waals surface area contributed by atoms with Gasteiger partial charge in [-0.3, -0.25) is 5.10 Å². The molecule has 3 aromatic rings. The fourth-order valence-corrected chi connectivity index (χ4v) is 3.87. The number of hydrogen-bond acceptors (Lipinski definition) is 5. The van der Waals surface area contributed by atoms with Crippen LogP contribution in [0.1, 0.15) is 47.3 Å². The Hall–Kier alpha value is -2.73. The van der Waals surface area contributed by atoms with Crippen molar-refractivity contribution in [3.05, 3.63) is 47.2 Å². The summed E-state index contributed by atoms with van der Waals surface area (Å²) in [6, 6.07) is 10.1. The number of nitrogens with zero attached hydrogens (tertiary/aromatic N) is 2. The average molecular weight is 364 g/mol. The first kappa shape index (κ1) is 17.7. The van der Waals surface area contributed by atoms with Crippen molar-refractivity contribution in [1.82, 2.24) is 20.5 Å². The maximum atomic E-state index is 12.3. The summed E-state index contributed by atoms with van der Waals surface area (Å²) < 4.78 is 5.18. The number of H-pyrrole nitrogens is 1. The number of carbonyl (C=O) groups excluding carboxylic acids is 1. The van der Waals surface area contributed by atoms with Gasteiger partial charge in [-0.1, -0.05) is 24.3 Å². The van der Waals surface area contributed by atoms with Crippen LogP contribution < -0.4 is 5.32 Å². The molecule has 1 aromatic carbocycles. The topological polar surface area (TPSA) is 79.9 Å². The number of aryl methyl sites for hydroxylation is 1. The molecular formula is C21H24N4O2. The fourth-order valence-electron chi connectivity index (χ4n) is 3.87. The van der Waals surface area contributed by atoms with E-state index >= 15 is 0 Å². The van der Waals surface area contributed by atoms with E-state index in [1.54, 1.807) is 6.92 Å². The van der Waals surface area contributed by atoms with E-state index in [-0.39, 0.29) is 0 Å². The zero-order valence-corrected chi connectivity index (χ0v) is 15.7. The van der Waals surface area contributed by atoms with Crippen LogP contribution in [0.25, 0.3) is 22.3 Å². The van der Waals surface area contributed by atoms with Crippen molar-refractivity contribution < 1.29 is 9.53 Å². The first-order chi connectivity index (χ1) is 13.2. The van der Waals surface area contributed by atoms with Crippen LogP contribution in [0.15, 0.2) is 30.3 Å². The van der Waals surface area contributed by atoms with E-state index in [0.29, 0.717) is 23.9 Å². The standard InChI is InChI=1S/C21H24N4O2/c1-3-27-21(26)17-12-16(14-8-10-22-11-9-14)18-19(24-25-20(18)23-17)15-7-5-4-6-13(15)2/h4-7,12,14,22H,3,8-11H2,1-2H3,(H,23,24,25). The van der Waals surface area contributed by atoms with Gasteiger partial charge in [-0.15, -0.1) is 0 Å². The Labute approximate surface area is 158 Å². The summed E-state index contributed by atoms with van der Waals surface area (Å²) in [5, 5.41) is 12.0.